The highest BCUT2D eigenvalue weighted by molar-refractivity contribution is 5.87. The van der Waals surface area contributed by atoms with Crippen LogP contribution in [0.15, 0.2) is 15.7 Å². The van der Waals surface area contributed by atoms with Crippen LogP contribution in [0.4, 0.5) is 0 Å². The largest absolute Gasteiger partial charge is 0.480 e. The van der Waals surface area contributed by atoms with Crippen LogP contribution in [0.5, 0.6) is 0 Å². The summed E-state index contributed by atoms with van der Waals surface area (Å²) in [5.41, 5.74) is 3.42. The SMILES string of the molecule is NC(=O)CN(CC(=O)O)C(=O)Cc1cc(=O)[nH]c(=O)[nH]1. The summed E-state index contributed by atoms with van der Waals surface area (Å²) in [5, 5.41) is 8.64. The van der Waals surface area contributed by atoms with Crippen molar-refractivity contribution in [1.82, 2.24) is 14.9 Å². The molecule has 108 valence electrons. The molecule has 0 aliphatic heterocycles. The summed E-state index contributed by atoms with van der Waals surface area (Å²) in [6, 6.07) is 0.989. The molecule has 1 aromatic rings. The molecular weight excluding hydrogens is 272 g/mol. The van der Waals surface area contributed by atoms with E-state index in [9.17, 15) is 24.0 Å². The second-order valence-electron chi connectivity index (χ2n) is 3.90. The van der Waals surface area contributed by atoms with Gasteiger partial charge in [-0.05, 0) is 0 Å². The van der Waals surface area contributed by atoms with Crippen LogP contribution in [0.2, 0.25) is 0 Å². The van der Waals surface area contributed by atoms with Crippen molar-refractivity contribution in [3.63, 3.8) is 0 Å². The van der Waals surface area contributed by atoms with E-state index in [1.807, 2.05) is 4.98 Å². The third kappa shape index (κ3) is 4.76. The highest BCUT2D eigenvalue weighted by Crippen LogP contribution is 1.97. The van der Waals surface area contributed by atoms with Crippen molar-refractivity contribution in [3.05, 3.63) is 32.6 Å². The van der Waals surface area contributed by atoms with Gasteiger partial charge in [-0.25, -0.2) is 4.79 Å². The zero-order chi connectivity index (χ0) is 15.3. The molecule has 0 saturated carbocycles. The van der Waals surface area contributed by atoms with Gasteiger partial charge in [0.05, 0.1) is 13.0 Å². The average molecular weight is 284 g/mol. The van der Waals surface area contributed by atoms with E-state index in [4.69, 9.17) is 10.8 Å². The first-order valence-corrected chi connectivity index (χ1v) is 5.38. The lowest BCUT2D eigenvalue weighted by atomic mass is 10.2. The fourth-order valence-corrected chi connectivity index (χ4v) is 1.47. The number of H-pyrrole nitrogens is 2. The number of rotatable bonds is 6. The summed E-state index contributed by atoms with van der Waals surface area (Å²) in [6.07, 6.45) is -0.431. The summed E-state index contributed by atoms with van der Waals surface area (Å²) < 4.78 is 0. The highest BCUT2D eigenvalue weighted by atomic mass is 16.4. The van der Waals surface area contributed by atoms with Crippen molar-refractivity contribution < 1.29 is 19.5 Å². The van der Waals surface area contributed by atoms with E-state index in [-0.39, 0.29) is 5.69 Å². The molecule has 5 N–H and O–H groups in total. The van der Waals surface area contributed by atoms with Crippen LogP contribution in [0.1, 0.15) is 5.69 Å². The molecule has 0 aliphatic carbocycles. The van der Waals surface area contributed by atoms with Crippen LogP contribution in [0.25, 0.3) is 0 Å². The van der Waals surface area contributed by atoms with Crippen molar-refractivity contribution in [2.75, 3.05) is 13.1 Å². The molecule has 1 heterocycles. The normalized spacial score (nSPS) is 10.0. The summed E-state index contributed by atoms with van der Waals surface area (Å²) in [7, 11) is 0. The number of aliphatic carboxylic acids is 1. The van der Waals surface area contributed by atoms with E-state index >= 15 is 0 Å². The molecule has 0 aromatic carbocycles. The Morgan fingerprint density at radius 2 is 1.85 bits per heavy atom. The van der Waals surface area contributed by atoms with Gasteiger partial charge in [0.1, 0.15) is 6.54 Å². The van der Waals surface area contributed by atoms with Gasteiger partial charge in [-0.3, -0.25) is 24.2 Å². The monoisotopic (exact) mass is 284 g/mol. The summed E-state index contributed by atoms with van der Waals surface area (Å²) in [4.78, 5) is 60.1. The Balaban J connectivity index is 2.89. The number of amides is 2. The zero-order valence-corrected chi connectivity index (χ0v) is 10.2. The maximum atomic E-state index is 11.8. The topological polar surface area (TPSA) is 166 Å². The fourth-order valence-electron chi connectivity index (χ4n) is 1.47. The van der Waals surface area contributed by atoms with Crippen LogP contribution in [0.3, 0.4) is 0 Å². The second-order valence-corrected chi connectivity index (χ2v) is 3.90. The second kappa shape index (κ2) is 6.31. The molecule has 0 bridgehead atoms. The number of carboxylic acids is 1. The molecule has 0 radical (unpaired) electrons. The van der Waals surface area contributed by atoms with Gasteiger partial charge in [0.15, 0.2) is 0 Å². The lowest BCUT2D eigenvalue weighted by Crippen LogP contribution is -2.42. The number of primary amides is 1. The number of carboxylic acid groups (broad SMARTS) is 1. The molecule has 0 atom stereocenters. The molecule has 0 spiro atoms. The Morgan fingerprint density at radius 1 is 1.20 bits per heavy atom. The van der Waals surface area contributed by atoms with Gasteiger partial charge in [-0.1, -0.05) is 0 Å². The number of carbonyl (C=O) groups excluding carboxylic acids is 2. The molecule has 0 aliphatic rings. The number of hydrogen-bond acceptors (Lipinski definition) is 5. The maximum absolute atomic E-state index is 11.8. The third-order valence-electron chi connectivity index (χ3n) is 2.18. The first-order valence-electron chi connectivity index (χ1n) is 5.38. The molecule has 0 fully saturated rings. The van der Waals surface area contributed by atoms with Gasteiger partial charge in [-0.2, -0.15) is 0 Å². The number of aromatic nitrogens is 2. The van der Waals surface area contributed by atoms with E-state index in [0.29, 0.717) is 4.90 Å². The van der Waals surface area contributed by atoms with Gasteiger partial charge in [0, 0.05) is 11.8 Å². The minimum absolute atomic E-state index is 0.00334. The summed E-state index contributed by atoms with van der Waals surface area (Å²) >= 11 is 0. The minimum atomic E-state index is -1.32. The van der Waals surface area contributed by atoms with E-state index in [1.54, 1.807) is 0 Å². The first kappa shape index (κ1) is 15.1. The highest BCUT2D eigenvalue weighted by Gasteiger charge is 2.19. The molecule has 10 nitrogen and oxygen atoms in total. The molecule has 2 amide bonds. The predicted octanol–water partition coefficient (Wildman–Crippen LogP) is -3.00. The van der Waals surface area contributed by atoms with Crippen LogP contribution >= 0.6 is 0 Å². The minimum Gasteiger partial charge on any atom is -0.480 e. The van der Waals surface area contributed by atoms with Crippen LogP contribution < -0.4 is 17.0 Å². The smallest absolute Gasteiger partial charge is 0.325 e. The maximum Gasteiger partial charge on any atom is 0.325 e. The van der Waals surface area contributed by atoms with E-state index in [1.165, 1.54) is 0 Å². The third-order valence-corrected chi connectivity index (χ3v) is 2.18. The van der Waals surface area contributed by atoms with Crippen molar-refractivity contribution in [2.24, 2.45) is 5.73 Å². The number of hydrogen-bond donors (Lipinski definition) is 4. The molecule has 0 saturated heterocycles. The van der Waals surface area contributed by atoms with E-state index in [2.05, 4.69) is 4.98 Å². The molecular formula is C10H12N4O6. The average Bonchev–Trinajstić information content (AvgIpc) is 2.24. The van der Waals surface area contributed by atoms with Gasteiger partial charge in [0.2, 0.25) is 11.8 Å². The lowest BCUT2D eigenvalue weighted by Gasteiger charge is -2.18. The van der Waals surface area contributed by atoms with Gasteiger partial charge >= 0.3 is 11.7 Å². The number of nitrogens with zero attached hydrogens (tertiary/aromatic N) is 1. The van der Waals surface area contributed by atoms with Crippen LogP contribution in [-0.4, -0.2) is 50.8 Å². The van der Waals surface area contributed by atoms with Crippen LogP contribution in [0, 0.1) is 0 Å². The molecule has 1 rings (SSSR count). The Kier molecular flexibility index (Phi) is 4.78. The predicted molar refractivity (Wildman–Crippen MR) is 64.8 cm³/mol. The number of nitrogens with two attached hydrogens (primary N) is 1. The van der Waals surface area contributed by atoms with E-state index < -0.39 is 48.5 Å². The number of carbonyl (C=O) groups is 3. The number of aromatic amines is 2. The van der Waals surface area contributed by atoms with Crippen molar-refractivity contribution in [2.45, 2.75) is 6.42 Å². The van der Waals surface area contributed by atoms with Crippen molar-refractivity contribution >= 4 is 17.8 Å². The summed E-state index contributed by atoms with van der Waals surface area (Å²) in [6.45, 7) is -1.28. The van der Waals surface area contributed by atoms with E-state index in [0.717, 1.165) is 6.07 Å². The molecule has 1 aromatic heterocycles. The Morgan fingerprint density at radius 3 is 2.35 bits per heavy atom. The van der Waals surface area contributed by atoms with Crippen molar-refractivity contribution in [1.29, 1.82) is 0 Å². The fraction of sp³-hybridized carbons (Fsp3) is 0.300. The Bertz CT molecular complexity index is 601. The van der Waals surface area contributed by atoms with Crippen LogP contribution in [-0.2, 0) is 20.8 Å². The number of nitrogens with one attached hydrogen (secondary N) is 2. The Hall–Kier alpha value is -2.91. The first-order chi connectivity index (χ1) is 9.27. The standard InChI is InChI=1S/C10H12N4O6/c11-6(15)3-14(4-9(18)19)8(17)2-5-1-7(16)13-10(20)12-5/h1H,2-4H2,(H2,11,15)(H,18,19)(H2,12,13,16,20). The van der Waals surface area contributed by atoms with Gasteiger partial charge < -0.3 is 20.7 Å². The molecule has 10 heteroatoms. The van der Waals surface area contributed by atoms with Crippen molar-refractivity contribution in [3.8, 4) is 0 Å². The quantitative estimate of drug-likeness (QED) is 0.434. The summed E-state index contributed by atoms with van der Waals surface area (Å²) in [5.74, 6) is -2.95. The molecule has 0 unspecified atom stereocenters. The Labute approximate surface area is 111 Å². The zero-order valence-electron chi connectivity index (χ0n) is 10.2. The lowest BCUT2D eigenvalue weighted by molar-refractivity contribution is -0.145. The van der Waals surface area contributed by atoms with Gasteiger partial charge in [-0.15, -0.1) is 0 Å². The molecule has 20 heavy (non-hydrogen) atoms. The van der Waals surface area contributed by atoms with Gasteiger partial charge in [0.25, 0.3) is 5.56 Å².